The third-order valence-corrected chi connectivity index (χ3v) is 3.37. The van der Waals surface area contributed by atoms with Crippen molar-refractivity contribution < 1.29 is 18.0 Å². The van der Waals surface area contributed by atoms with Gasteiger partial charge in [0.1, 0.15) is 0 Å². The highest BCUT2D eigenvalue weighted by Gasteiger charge is 2.34. The molecule has 100 valence electrons. The lowest BCUT2D eigenvalue weighted by Crippen LogP contribution is -2.24. The number of halogens is 4. The third-order valence-electron chi connectivity index (χ3n) is 3.04. The first-order valence-corrected chi connectivity index (χ1v) is 5.89. The second-order valence-electron chi connectivity index (χ2n) is 4.76. The molecule has 5 heteroatoms. The smallest absolute Gasteiger partial charge is 0.294 e. The van der Waals surface area contributed by atoms with Crippen LogP contribution in [0.3, 0.4) is 0 Å². The first-order chi connectivity index (χ1) is 8.09. The summed E-state index contributed by atoms with van der Waals surface area (Å²) in [4.78, 5) is 12.1. The molecule has 0 heterocycles. The van der Waals surface area contributed by atoms with Gasteiger partial charge in [0.05, 0.1) is 10.6 Å². The topological polar surface area (TPSA) is 17.1 Å². The van der Waals surface area contributed by atoms with E-state index >= 15 is 0 Å². The quantitative estimate of drug-likeness (QED) is 0.713. The average Bonchev–Trinajstić information content (AvgIpc) is 2.27. The number of hydrogen-bond acceptors (Lipinski definition) is 1. The maximum atomic E-state index is 12.6. The number of alkyl halides is 3. The van der Waals surface area contributed by atoms with E-state index in [4.69, 9.17) is 11.6 Å². The summed E-state index contributed by atoms with van der Waals surface area (Å²) >= 11 is 5.82. The minimum absolute atomic E-state index is 0.0505. The molecule has 0 aliphatic rings. The van der Waals surface area contributed by atoms with Crippen LogP contribution >= 0.6 is 11.6 Å². The molecular weight excluding hydrogens is 265 g/mol. The minimum atomic E-state index is -4.48. The van der Waals surface area contributed by atoms with Crippen LogP contribution in [0.25, 0.3) is 0 Å². The number of rotatable bonds is 3. The molecule has 0 amide bonds. The van der Waals surface area contributed by atoms with Gasteiger partial charge < -0.3 is 0 Å². The highest BCUT2D eigenvalue weighted by molar-refractivity contribution is 6.34. The number of hydrogen-bond donors (Lipinski definition) is 0. The van der Waals surface area contributed by atoms with E-state index in [0.717, 1.165) is 18.2 Å². The Morgan fingerprint density at radius 1 is 1.28 bits per heavy atom. The van der Waals surface area contributed by atoms with Crippen molar-refractivity contribution >= 4 is 17.4 Å². The summed E-state index contributed by atoms with van der Waals surface area (Å²) < 4.78 is 37.8. The molecule has 0 radical (unpaired) electrons. The van der Waals surface area contributed by atoms with E-state index in [1.54, 1.807) is 20.8 Å². The molecule has 0 unspecified atom stereocenters. The molecule has 18 heavy (non-hydrogen) atoms. The second kappa shape index (κ2) is 4.92. The van der Waals surface area contributed by atoms with Gasteiger partial charge in [0, 0.05) is 11.0 Å². The molecule has 1 aromatic carbocycles. The molecule has 0 fully saturated rings. The third kappa shape index (κ3) is 3.05. The van der Waals surface area contributed by atoms with Gasteiger partial charge in [0.15, 0.2) is 5.78 Å². The van der Waals surface area contributed by atoms with Gasteiger partial charge >= 0.3 is 6.18 Å². The Balaban J connectivity index is 3.29. The predicted octanol–water partition coefficient (Wildman–Crippen LogP) is 4.98. The van der Waals surface area contributed by atoms with Gasteiger partial charge in [0.2, 0.25) is 0 Å². The van der Waals surface area contributed by atoms with Crippen LogP contribution in [-0.2, 0) is 6.18 Å². The van der Waals surface area contributed by atoms with E-state index in [-0.39, 0.29) is 16.4 Å². The van der Waals surface area contributed by atoms with E-state index in [1.807, 2.05) is 0 Å². The van der Waals surface area contributed by atoms with Crippen LogP contribution in [0.1, 0.15) is 43.1 Å². The van der Waals surface area contributed by atoms with Gasteiger partial charge in [-0.05, 0) is 24.6 Å². The van der Waals surface area contributed by atoms with Crippen molar-refractivity contribution in [2.45, 2.75) is 33.4 Å². The largest absolute Gasteiger partial charge is 0.416 e. The molecular formula is C13H14ClF3O. The van der Waals surface area contributed by atoms with E-state index in [2.05, 4.69) is 0 Å². The maximum absolute atomic E-state index is 12.6. The molecule has 0 aromatic heterocycles. The van der Waals surface area contributed by atoms with Crippen LogP contribution in [0.4, 0.5) is 13.2 Å². The van der Waals surface area contributed by atoms with Crippen molar-refractivity contribution in [2.24, 2.45) is 5.41 Å². The van der Waals surface area contributed by atoms with Gasteiger partial charge in [-0.25, -0.2) is 0 Å². The number of carbonyl (C=O) groups excluding carboxylic acids is 1. The van der Waals surface area contributed by atoms with E-state index in [0.29, 0.717) is 6.42 Å². The zero-order valence-electron chi connectivity index (χ0n) is 10.4. The van der Waals surface area contributed by atoms with Crippen molar-refractivity contribution in [1.29, 1.82) is 0 Å². The zero-order chi connectivity index (χ0) is 14.1. The van der Waals surface area contributed by atoms with Crippen molar-refractivity contribution in [2.75, 3.05) is 0 Å². The molecule has 1 rings (SSSR count). The molecule has 0 N–H and O–H groups in total. The molecule has 0 aliphatic heterocycles. The van der Waals surface area contributed by atoms with Crippen molar-refractivity contribution in [3.8, 4) is 0 Å². The Bertz CT molecular complexity index is 464. The fourth-order valence-electron chi connectivity index (χ4n) is 1.40. The first-order valence-electron chi connectivity index (χ1n) is 5.51. The molecule has 0 atom stereocenters. The fraction of sp³-hybridized carbons (Fsp3) is 0.462. The summed E-state index contributed by atoms with van der Waals surface area (Å²) in [6.07, 6.45) is -3.95. The summed E-state index contributed by atoms with van der Waals surface area (Å²) in [7, 11) is 0. The van der Waals surface area contributed by atoms with Gasteiger partial charge in [-0.1, -0.05) is 32.4 Å². The van der Waals surface area contributed by atoms with Crippen molar-refractivity contribution in [1.82, 2.24) is 0 Å². The zero-order valence-corrected chi connectivity index (χ0v) is 11.1. The standard InChI is InChI=1S/C13H14ClF3O/c1-4-12(2,3)11(18)9-7-8(13(15,16)17)5-6-10(9)14/h5-7H,4H2,1-3H3. The molecule has 0 bridgehead atoms. The van der Waals surface area contributed by atoms with Gasteiger partial charge in [-0.15, -0.1) is 0 Å². The van der Waals surface area contributed by atoms with E-state index < -0.39 is 17.2 Å². The predicted molar refractivity (Wildman–Crippen MR) is 64.9 cm³/mol. The lowest BCUT2D eigenvalue weighted by atomic mass is 9.81. The van der Waals surface area contributed by atoms with E-state index in [1.165, 1.54) is 0 Å². The summed E-state index contributed by atoms with van der Waals surface area (Å²) in [5, 5.41) is 0.0505. The van der Waals surface area contributed by atoms with Gasteiger partial charge in [-0.2, -0.15) is 13.2 Å². The van der Waals surface area contributed by atoms with Crippen LogP contribution in [0.5, 0.6) is 0 Å². The molecule has 0 aliphatic carbocycles. The lowest BCUT2D eigenvalue weighted by molar-refractivity contribution is -0.137. The Labute approximate surface area is 109 Å². The number of Topliss-reactive ketones (excluding diaryl/α,β-unsaturated/α-hetero) is 1. The van der Waals surface area contributed by atoms with Crippen LogP contribution in [0, 0.1) is 5.41 Å². The number of carbonyl (C=O) groups is 1. The highest BCUT2D eigenvalue weighted by Crippen LogP contribution is 2.34. The minimum Gasteiger partial charge on any atom is -0.294 e. The fourth-order valence-corrected chi connectivity index (χ4v) is 1.60. The molecule has 1 nitrogen and oxygen atoms in total. The van der Waals surface area contributed by atoms with Crippen LogP contribution in [0.2, 0.25) is 5.02 Å². The van der Waals surface area contributed by atoms with Crippen LogP contribution in [-0.4, -0.2) is 5.78 Å². The first kappa shape index (κ1) is 15.0. The Morgan fingerprint density at radius 2 is 1.83 bits per heavy atom. The molecule has 0 saturated carbocycles. The van der Waals surface area contributed by atoms with Crippen LogP contribution in [0.15, 0.2) is 18.2 Å². The average molecular weight is 279 g/mol. The van der Waals surface area contributed by atoms with Gasteiger partial charge in [0.25, 0.3) is 0 Å². The van der Waals surface area contributed by atoms with E-state index in [9.17, 15) is 18.0 Å². The summed E-state index contributed by atoms with van der Waals surface area (Å²) in [5.74, 6) is -0.374. The molecule has 1 aromatic rings. The van der Waals surface area contributed by atoms with Gasteiger partial charge in [-0.3, -0.25) is 4.79 Å². The van der Waals surface area contributed by atoms with Crippen LogP contribution < -0.4 is 0 Å². The molecule has 0 spiro atoms. The normalized spacial score (nSPS) is 12.6. The Morgan fingerprint density at radius 3 is 2.28 bits per heavy atom. The Hall–Kier alpha value is -1.03. The van der Waals surface area contributed by atoms with Crippen molar-refractivity contribution in [3.05, 3.63) is 34.3 Å². The SMILES string of the molecule is CCC(C)(C)C(=O)c1cc(C(F)(F)F)ccc1Cl. The molecule has 0 saturated heterocycles. The monoisotopic (exact) mass is 278 g/mol. The number of ketones is 1. The summed E-state index contributed by atoms with van der Waals surface area (Å²) in [5.41, 5.74) is -1.66. The maximum Gasteiger partial charge on any atom is 0.416 e. The Kier molecular flexibility index (Phi) is 4.11. The summed E-state index contributed by atoms with van der Waals surface area (Å²) in [6.45, 7) is 5.18. The number of benzene rings is 1. The second-order valence-corrected chi connectivity index (χ2v) is 5.17. The highest BCUT2D eigenvalue weighted by atomic mass is 35.5. The van der Waals surface area contributed by atoms with Crippen molar-refractivity contribution in [3.63, 3.8) is 0 Å². The summed E-state index contributed by atoms with van der Waals surface area (Å²) in [6, 6.07) is 2.81. The lowest BCUT2D eigenvalue weighted by Gasteiger charge is -2.22.